The minimum atomic E-state index is -1.24. The summed E-state index contributed by atoms with van der Waals surface area (Å²) >= 11 is 15.4. The summed E-state index contributed by atoms with van der Waals surface area (Å²) in [5, 5.41) is 24.3. The molecular formula is C16H14Cl2N6O5S3. The molecular weight excluding hydrogens is 523 g/mol. The summed E-state index contributed by atoms with van der Waals surface area (Å²) in [6.07, 6.45) is 0.833. The highest BCUT2D eigenvalue weighted by Crippen LogP contribution is 2.44. The third-order valence-electron chi connectivity index (χ3n) is 4.89. The van der Waals surface area contributed by atoms with Crippen molar-refractivity contribution in [2.24, 2.45) is 10.1 Å². The van der Waals surface area contributed by atoms with E-state index in [1.165, 1.54) is 28.4 Å². The van der Waals surface area contributed by atoms with Crippen molar-refractivity contribution in [3.8, 4) is 0 Å². The fourth-order valence-electron chi connectivity index (χ4n) is 3.57. The lowest BCUT2D eigenvalue weighted by atomic mass is 9.86. The first kappa shape index (κ1) is 23.2. The molecule has 11 nitrogen and oxygen atoms in total. The minimum absolute atomic E-state index is 0.0512. The maximum atomic E-state index is 12.8. The Bertz CT molecular complexity index is 1110. The molecule has 3 aliphatic rings. The number of aliphatic carboxylic acids is 1. The number of thiazole rings is 1. The zero-order valence-electron chi connectivity index (χ0n) is 15.8. The van der Waals surface area contributed by atoms with E-state index in [9.17, 15) is 24.7 Å². The number of amides is 2. The number of allylic oxidation sites excluding steroid dienone is 1. The molecule has 0 radical (unpaired) electrons. The van der Waals surface area contributed by atoms with Crippen LogP contribution in [0.5, 0.6) is 0 Å². The van der Waals surface area contributed by atoms with Crippen LogP contribution in [-0.4, -0.2) is 71.4 Å². The number of nitrogen functional groups attached to an aromatic ring is 1. The van der Waals surface area contributed by atoms with E-state index < -0.39 is 35.6 Å². The van der Waals surface area contributed by atoms with Crippen LogP contribution in [0.2, 0.25) is 4.34 Å². The van der Waals surface area contributed by atoms with Gasteiger partial charge >= 0.3 is 5.97 Å². The second-order valence-corrected chi connectivity index (χ2v) is 11.2. The molecule has 3 atom stereocenters. The van der Waals surface area contributed by atoms with Gasteiger partial charge in [0.25, 0.3) is 11.8 Å². The van der Waals surface area contributed by atoms with E-state index in [4.69, 9.17) is 28.9 Å². The summed E-state index contributed by atoms with van der Waals surface area (Å²) in [5.41, 5.74) is 4.83. The molecule has 1 saturated heterocycles. The number of hydrogen-bond acceptors (Lipinski definition) is 11. The zero-order valence-corrected chi connectivity index (χ0v) is 19.8. The number of fused-ring (bicyclic) bond motifs is 1. The molecule has 16 heteroatoms. The summed E-state index contributed by atoms with van der Waals surface area (Å²) < 4.78 is 0.468. The molecule has 1 aromatic rings. The van der Waals surface area contributed by atoms with Crippen molar-refractivity contribution in [1.82, 2.24) is 15.2 Å². The summed E-state index contributed by atoms with van der Waals surface area (Å²) in [7, 11) is 0. The number of hydrogen-bond donors (Lipinski definition) is 4. The van der Waals surface area contributed by atoms with Gasteiger partial charge in [0.2, 0.25) is 0 Å². The first-order chi connectivity index (χ1) is 15.2. The Morgan fingerprint density at radius 1 is 1.38 bits per heavy atom. The number of thioether (sulfide) groups is 2. The Morgan fingerprint density at radius 3 is 2.69 bits per heavy atom. The Morgan fingerprint density at radius 2 is 2.12 bits per heavy atom. The van der Waals surface area contributed by atoms with E-state index in [2.05, 4.69) is 20.4 Å². The predicted octanol–water partition coefficient (Wildman–Crippen LogP) is 1.74. The zero-order chi connectivity index (χ0) is 23.2. The van der Waals surface area contributed by atoms with Gasteiger partial charge in [-0.2, -0.15) is 0 Å². The first-order valence-electron chi connectivity index (χ1n) is 8.98. The molecule has 32 heavy (non-hydrogen) atoms. The molecule has 0 spiro atoms. The fourth-order valence-corrected chi connectivity index (χ4v) is 6.98. The van der Waals surface area contributed by atoms with Crippen molar-refractivity contribution >= 4 is 91.2 Å². The van der Waals surface area contributed by atoms with Gasteiger partial charge in [-0.3, -0.25) is 19.5 Å². The summed E-state index contributed by atoms with van der Waals surface area (Å²) in [6, 6.07) is -1.53. The van der Waals surface area contributed by atoms with Crippen LogP contribution in [0.1, 0.15) is 18.5 Å². The molecule has 0 bridgehead atoms. The van der Waals surface area contributed by atoms with E-state index in [0.717, 1.165) is 11.3 Å². The number of rotatable bonds is 6. The van der Waals surface area contributed by atoms with Gasteiger partial charge in [0.1, 0.15) is 27.1 Å². The van der Waals surface area contributed by atoms with Crippen LogP contribution in [0.4, 0.5) is 5.13 Å². The number of carboxylic acid groups (broad SMARTS) is 1. The molecule has 0 aliphatic carbocycles. The van der Waals surface area contributed by atoms with E-state index >= 15 is 0 Å². The second kappa shape index (κ2) is 9.09. The largest absolute Gasteiger partial charge is 0.477 e. The number of nitrogens with zero attached hydrogens (tertiary/aromatic N) is 4. The van der Waals surface area contributed by atoms with Crippen molar-refractivity contribution in [2.75, 3.05) is 11.5 Å². The van der Waals surface area contributed by atoms with Crippen molar-refractivity contribution in [3.63, 3.8) is 0 Å². The molecule has 0 aromatic carbocycles. The monoisotopic (exact) mass is 536 g/mol. The second-order valence-electron chi connectivity index (χ2n) is 6.73. The number of halogens is 2. The maximum absolute atomic E-state index is 12.8. The predicted molar refractivity (Wildman–Crippen MR) is 123 cm³/mol. The highest BCUT2D eigenvalue weighted by atomic mass is 35.5. The van der Waals surface area contributed by atoms with E-state index in [1.807, 2.05) is 0 Å². The number of anilines is 1. The summed E-state index contributed by atoms with van der Waals surface area (Å²) in [5.74, 6) is -2.09. The molecule has 0 saturated carbocycles. The topological polar surface area (TPSA) is 171 Å². The molecule has 170 valence electrons. The molecule has 2 amide bonds. The summed E-state index contributed by atoms with van der Waals surface area (Å²) in [4.78, 5) is 47.2. The van der Waals surface area contributed by atoms with Crippen LogP contribution in [0.25, 0.3) is 0 Å². The summed E-state index contributed by atoms with van der Waals surface area (Å²) in [6.45, 7) is 0. The minimum Gasteiger partial charge on any atom is -0.477 e. The number of nitrogens with one attached hydrogen (secondary N) is 1. The van der Waals surface area contributed by atoms with Crippen molar-refractivity contribution in [3.05, 3.63) is 20.6 Å². The van der Waals surface area contributed by atoms with Crippen molar-refractivity contribution in [1.29, 1.82) is 0 Å². The normalized spacial score (nSPS) is 25.4. The Hall–Kier alpha value is -2.00. The molecule has 1 fully saturated rings. The van der Waals surface area contributed by atoms with Gasteiger partial charge in [-0.15, -0.1) is 11.8 Å². The lowest BCUT2D eigenvalue weighted by molar-refractivity contribution is -0.155. The molecule has 4 heterocycles. The first-order valence-corrected chi connectivity index (χ1v) is 12.4. The van der Waals surface area contributed by atoms with Gasteiger partial charge in [0.15, 0.2) is 15.3 Å². The maximum Gasteiger partial charge on any atom is 0.353 e. The number of aliphatic imine (C=N–C) groups is 1. The number of carbonyl (C=O) groups excluding carboxylic acids is 2. The molecule has 3 aliphatic heterocycles. The molecule has 3 unspecified atom stereocenters. The van der Waals surface area contributed by atoms with Gasteiger partial charge < -0.3 is 21.4 Å². The molecule has 4 rings (SSSR count). The standard InChI is InChI=1S/C16H14Cl2N6O5S3/c17-11-8(22-16(19)32-11)9(23-29)12(25)21-7-4-1-2-5(31-6-3-30-15(18)20-6)10(14(27)28)24(4)13(7)26/h4,6-7,29H,1-3H2,(H2,19,22)(H,21,25)(H,27,28)/b23-9-. The van der Waals surface area contributed by atoms with Crippen LogP contribution >= 0.6 is 58.1 Å². The van der Waals surface area contributed by atoms with Gasteiger partial charge in [0.05, 0.1) is 6.04 Å². The van der Waals surface area contributed by atoms with E-state index in [-0.39, 0.29) is 26.2 Å². The SMILES string of the molecule is Nc1nc(/C(=N/O)C(=O)NC2C(=O)N3C(C(=O)O)=C(SC4CSC(Cl)=N4)CCC23)c(Cl)s1. The molecule has 5 N–H and O–H groups in total. The fraction of sp³-hybridized carbons (Fsp3) is 0.375. The Kier molecular flexibility index (Phi) is 6.58. The number of aromatic nitrogens is 1. The lowest BCUT2D eigenvalue weighted by Crippen LogP contribution is -2.72. The van der Waals surface area contributed by atoms with Crippen molar-refractivity contribution in [2.45, 2.75) is 30.3 Å². The van der Waals surface area contributed by atoms with E-state index in [0.29, 0.717) is 28.0 Å². The van der Waals surface area contributed by atoms with Crippen LogP contribution in [0.15, 0.2) is 20.8 Å². The number of carbonyl (C=O) groups is 3. The number of β-lactam (4-membered cyclic amide) rings is 1. The van der Waals surface area contributed by atoms with Crippen LogP contribution in [0.3, 0.4) is 0 Å². The van der Waals surface area contributed by atoms with Gasteiger partial charge in [0, 0.05) is 10.7 Å². The van der Waals surface area contributed by atoms with Crippen LogP contribution in [0, 0.1) is 0 Å². The number of oxime groups is 1. The highest BCUT2D eigenvalue weighted by Gasteiger charge is 2.54. The smallest absolute Gasteiger partial charge is 0.353 e. The van der Waals surface area contributed by atoms with Crippen molar-refractivity contribution < 1.29 is 24.7 Å². The Balaban J connectivity index is 1.51. The van der Waals surface area contributed by atoms with Crippen LogP contribution < -0.4 is 11.1 Å². The third-order valence-corrected chi connectivity index (χ3v) is 8.66. The quantitative estimate of drug-likeness (QED) is 0.183. The molecule has 1 aromatic heterocycles. The van der Waals surface area contributed by atoms with Gasteiger partial charge in [-0.05, 0) is 12.8 Å². The average Bonchev–Trinajstić information content (AvgIpc) is 3.30. The number of carboxylic acids is 1. The lowest BCUT2D eigenvalue weighted by Gasteiger charge is -2.50. The third kappa shape index (κ3) is 4.17. The Labute approximate surface area is 203 Å². The van der Waals surface area contributed by atoms with Gasteiger partial charge in [-0.25, -0.2) is 9.78 Å². The number of nitrogens with two attached hydrogens (primary N) is 1. The van der Waals surface area contributed by atoms with E-state index in [1.54, 1.807) is 0 Å². The highest BCUT2D eigenvalue weighted by molar-refractivity contribution is 8.18. The average molecular weight is 537 g/mol. The van der Waals surface area contributed by atoms with Gasteiger partial charge in [-0.1, -0.05) is 51.5 Å². The van der Waals surface area contributed by atoms with Crippen LogP contribution in [-0.2, 0) is 14.4 Å².